The van der Waals surface area contributed by atoms with Crippen molar-refractivity contribution < 1.29 is 18.0 Å². The molecular weight excluding hydrogens is 257 g/mol. The van der Waals surface area contributed by atoms with Gasteiger partial charge in [0.2, 0.25) is 0 Å². The van der Waals surface area contributed by atoms with Crippen molar-refractivity contribution >= 4 is 5.91 Å². The van der Waals surface area contributed by atoms with Crippen molar-refractivity contribution in [3.8, 4) is 0 Å². The van der Waals surface area contributed by atoms with Crippen LogP contribution in [0.1, 0.15) is 22.8 Å². The summed E-state index contributed by atoms with van der Waals surface area (Å²) in [5.74, 6) is -0.625. The Bertz CT molecular complexity index is 432. The highest BCUT2D eigenvalue weighted by Gasteiger charge is 2.33. The molecule has 0 bridgehead atoms. The molecule has 0 aliphatic carbocycles. The fraction of sp³-hybridized carbons (Fsp3) is 0.462. The van der Waals surface area contributed by atoms with Gasteiger partial charge in [-0.3, -0.25) is 4.79 Å². The number of nitrogens with zero attached hydrogens (tertiary/aromatic N) is 1. The molecule has 6 heteroatoms. The molecule has 106 valence electrons. The molecule has 0 aliphatic rings. The predicted octanol–water partition coefficient (Wildman–Crippen LogP) is 2.21. The zero-order valence-corrected chi connectivity index (χ0v) is 10.7. The molecule has 0 atom stereocenters. The lowest BCUT2D eigenvalue weighted by atomic mass is 10.0. The minimum Gasteiger partial charge on any atom is -0.329 e. The topological polar surface area (TPSA) is 46.3 Å². The quantitative estimate of drug-likeness (QED) is 0.894. The number of benzene rings is 1. The standard InChI is InChI=1S/C13H17F3N2O/c1-2-10-5-3-4-6-11(10)12(19)18(8-7-17)9-13(14,15)16/h3-6H,2,7-9,17H2,1H3. The van der Waals surface area contributed by atoms with Crippen LogP contribution in [0.15, 0.2) is 24.3 Å². The van der Waals surface area contributed by atoms with Crippen molar-refractivity contribution in [3.63, 3.8) is 0 Å². The van der Waals surface area contributed by atoms with Crippen LogP contribution in [0.4, 0.5) is 13.2 Å². The van der Waals surface area contributed by atoms with E-state index in [0.29, 0.717) is 12.0 Å². The Hall–Kier alpha value is -1.56. The molecule has 19 heavy (non-hydrogen) atoms. The summed E-state index contributed by atoms with van der Waals surface area (Å²) in [6.45, 7) is 0.455. The van der Waals surface area contributed by atoms with Gasteiger partial charge in [0, 0.05) is 18.7 Å². The van der Waals surface area contributed by atoms with Gasteiger partial charge in [0.05, 0.1) is 0 Å². The minimum atomic E-state index is -4.42. The van der Waals surface area contributed by atoms with Gasteiger partial charge in [-0.2, -0.15) is 13.2 Å². The van der Waals surface area contributed by atoms with Crippen LogP contribution in [-0.2, 0) is 6.42 Å². The van der Waals surface area contributed by atoms with Crippen LogP contribution < -0.4 is 5.73 Å². The van der Waals surface area contributed by atoms with Crippen molar-refractivity contribution in [2.24, 2.45) is 5.73 Å². The molecule has 3 nitrogen and oxygen atoms in total. The number of alkyl halides is 3. The summed E-state index contributed by atoms with van der Waals surface area (Å²) < 4.78 is 37.4. The van der Waals surface area contributed by atoms with E-state index in [2.05, 4.69) is 0 Å². The van der Waals surface area contributed by atoms with Crippen LogP contribution in [0.5, 0.6) is 0 Å². The SMILES string of the molecule is CCc1ccccc1C(=O)N(CCN)CC(F)(F)F. The third kappa shape index (κ3) is 4.55. The Kier molecular flexibility index (Phi) is 5.35. The summed E-state index contributed by atoms with van der Waals surface area (Å²) >= 11 is 0. The number of carbonyl (C=O) groups excluding carboxylic acids is 1. The van der Waals surface area contributed by atoms with Crippen LogP contribution in [-0.4, -0.2) is 36.6 Å². The van der Waals surface area contributed by atoms with E-state index < -0.39 is 18.6 Å². The van der Waals surface area contributed by atoms with Gasteiger partial charge in [-0.25, -0.2) is 0 Å². The van der Waals surface area contributed by atoms with E-state index in [4.69, 9.17) is 5.73 Å². The van der Waals surface area contributed by atoms with E-state index in [9.17, 15) is 18.0 Å². The third-order valence-corrected chi connectivity index (χ3v) is 2.69. The first kappa shape index (κ1) is 15.5. The van der Waals surface area contributed by atoms with Gasteiger partial charge >= 0.3 is 6.18 Å². The lowest BCUT2D eigenvalue weighted by molar-refractivity contribution is -0.140. The first-order valence-electron chi connectivity index (χ1n) is 6.03. The van der Waals surface area contributed by atoms with Gasteiger partial charge in [-0.05, 0) is 18.1 Å². The van der Waals surface area contributed by atoms with Gasteiger partial charge in [-0.15, -0.1) is 0 Å². The average molecular weight is 274 g/mol. The Balaban J connectivity index is 2.99. The lowest BCUT2D eigenvalue weighted by Gasteiger charge is -2.24. The molecule has 0 heterocycles. The Morgan fingerprint density at radius 1 is 1.32 bits per heavy atom. The summed E-state index contributed by atoms with van der Waals surface area (Å²) in [5.41, 5.74) is 6.31. The fourth-order valence-corrected chi connectivity index (χ4v) is 1.83. The molecule has 1 amide bonds. The molecule has 0 spiro atoms. The molecule has 0 fully saturated rings. The Labute approximate surface area is 110 Å². The van der Waals surface area contributed by atoms with E-state index in [1.54, 1.807) is 24.3 Å². The van der Waals surface area contributed by atoms with E-state index >= 15 is 0 Å². The van der Waals surface area contributed by atoms with Crippen molar-refractivity contribution in [1.82, 2.24) is 4.90 Å². The average Bonchev–Trinajstić information content (AvgIpc) is 2.36. The molecule has 2 N–H and O–H groups in total. The second kappa shape index (κ2) is 6.56. The van der Waals surface area contributed by atoms with Crippen LogP contribution in [0, 0.1) is 0 Å². The number of carbonyl (C=O) groups is 1. The Morgan fingerprint density at radius 2 is 1.95 bits per heavy atom. The van der Waals surface area contributed by atoms with Crippen LogP contribution in [0.25, 0.3) is 0 Å². The van der Waals surface area contributed by atoms with Crippen molar-refractivity contribution in [2.45, 2.75) is 19.5 Å². The first-order valence-corrected chi connectivity index (χ1v) is 6.03. The minimum absolute atomic E-state index is 0.00386. The van der Waals surface area contributed by atoms with Gasteiger partial charge in [0.15, 0.2) is 0 Å². The van der Waals surface area contributed by atoms with Gasteiger partial charge in [0.1, 0.15) is 6.54 Å². The second-order valence-corrected chi connectivity index (χ2v) is 4.14. The molecule has 0 aliphatic heterocycles. The van der Waals surface area contributed by atoms with E-state index in [-0.39, 0.29) is 13.1 Å². The smallest absolute Gasteiger partial charge is 0.329 e. The number of amides is 1. The predicted molar refractivity (Wildman–Crippen MR) is 66.8 cm³/mol. The molecular formula is C13H17F3N2O. The summed E-state index contributed by atoms with van der Waals surface area (Å²) in [5, 5.41) is 0. The van der Waals surface area contributed by atoms with Crippen molar-refractivity contribution in [3.05, 3.63) is 35.4 Å². The number of nitrogens with two attached hydrogens (primary N) is 1. The maximum Gasteiger partial charge on any atom is 0.406 e. The number of halogens is 3. The van der Waals surface area contributed by atoms with E-state index in [1.807, 2.05) is 6.92 Å². The highest BCUT2D eigenvalue weighted by molar-refractivity contribution is 5.95. The summed E-state index contributed by atoms with van der Waals surface area (Å²) in [6.07, 6.45) is -3.84. The van der Waals surface area contributed by atoms with E-state index in [0.717, 1.165) is 10.5 Å². The molecule has 0 saturated carbocycles. The van der Waals surface area contributed by atoms with E-state index in [1.165, 1.54) is 0 Å². The fourth-order valence-electron chi connectivity index (χ4n) is 1.83. The molecule has 1 aromatic carbocycles. The lowest BCUT2D eigenvalue weighted by Crippen LogP contribution is -2.42. The third-order valence-electron chi connectivity index (χ3n) is 2.69. The molecule has 0 aromatic heterocycles. The van der Waals surface area contributed by atoms with Gasteiger partial charge in [-0.1, -0.05) is 25.1 Å². The second-order valence-electron chi connectivity index (χ2n) is 4.14. The maximum atomic E-state index is 12.5. The number of rotatable bonds is 5. The van der Waals surface area contributed by atoms with Crippen LogP contribution in [0.3, 0.4) is 0 Å². The van der Waals surface area contributed by atoms with Gasteiger partial charge < -0.3 is 10.6 Å². The molecule has 1 aromatic rings. The number of hydrogen-bond donors (Lipinski definition) is 1. The largest absolute Gasteiger partial charge is 0.406 e. The van der Waals surface area contributed by atoms with Gasteiger partial charge in [0.25, 0.3) is 5.91 Å². The molecule has 1 rings (SSSR count). The highest BCUT2D eigenvalue weighted by atomic mass is 19.4. The zero-order valence-electron chi connectivity index (χ0n) is 10.7. The summed E-state index contributed by atoms with van der Waals surface area (Å²) in [6, 6.07) is 6.68. The number of hydrogen-bond acceptors (Lipinski definition) is 2. The van der Waals surface area contributed by atoms with Crippen LogP contribution in [0.2, 0.25) is 0 Å². The van der Waals surface area contributed by atoms with Crippen LogP contribution >= 0.6 is 0 Å². The molecule has 0 radical (unpaired) electrons. The first-order chi connectivity index (χ1) is 8.89. The summed E-state index contributed by atoms with van der Waals surface area (Å²) in [4.78, 5) is 12.9. The number of aryl methyl sites for hydroxylation is 1. The van der Waals surface area contributed by atoms with Crippen molar-refractivity contribution in [2.75, 3.05) is 19.6 Å². The summed E-state index contributed by atoms with van der Waals surface area (Å²) in [7, 11) is 0. The zero-order chi connectivity index (χ0) is 14.5. The Morgan fingerprint density at radius 3 is 2.47 bits per heavy atom. The monoisotopic (exact) mass is 274 g/mol. The maximum absolute atomic E-state index is 12.5. The molecule has 0 saturated heterocycles. The highest BCUT2D eigenvalue weighted by Crippen LogP contribution is 2.19. The normalized spacial score (nSPS) is 11.4. The van der Waals surface area contributed by atoms with Crippen molar-refractivity contribution in [1.29, 1.82) is 0 Å². The molecule has 0 unspecified atom stereocenters.